The van der Waals surface area contributed by atoms with E-state index in [0.29, 0.717) is 0 Å². The van der Waals surface area contributed by atoms with Crippen molar-refractivity contribution in [2.45, 2.75) is 12.8 Å². The normalized spacial score (nSPS) is 17.4. The van der Waals surface area contributed by atoms with Crippen molar-refractivity contribution >= 4 is 22.6 Å². The second kappa shape index (κ2) is 3.81. The van der Waals surface area contributed by atoms with Gasteiger partial charge in [0.15, 0.2) is 0 Å². The minimum atomic E-state index is 1.03. The van der Waals surface area contributed by atoms with Gasteiger partial charge >= 0.3 is 0 Å². The predicted molar refractivity (Wildman–Crippen MR) is 73.4 cm³/mol. The van der Waals surface area contributed by atoms with Crippen molar-refractivity contribution < 1.29 is 0 Å². The maximum absolute atomic E-state index is 5.74. The van der Waals surface area contributed by atoms with E-state index in [-0.39, 0.29) is 0 Å². The van der Waals surface area contributed by atoms with Crippen LogP contribution in [0.3, 0.4) is 0 Å². The highest BCUT2D eigenvalue weighted by molar-refractivity contribution is 5.89. The fourth-order valence-corrected chi connectivity index (χ4v) is 2.51. The molecule has 0 saturated carbocycles. The van der Waals surface area contributed by atoms with Crippen LogP contribution in [0.15, 0.2) is 36.7 Å². The highest BCUT2D eigenvalue weighted by Gasteiger charge is 2.11. The Balaban J connectivity index is 2.33. The fraction of sp³-hybridized carbons (Fsp3) is 0.200. The first kappa shape index (κ1) is 10.2. The van der Waals surface area contributed by atoms with Crippen LogP contribution in [-0.2, 0) is 7.05 Å². The van der Waals surface area contributed by atoms with Gasteiger partial charge in [-0.15, -0.1) is 0 Å². The van der Waals surface area contributed by atoms with Crippen molar-refractivity contribution in [3.63, 3.8) is 0 Å². The molecule has 3 rings (SSSR count). The van der Waals surface area contributed by atoms with Gasteiger partial charge in [0.25, 0.3) is 0 Å². The first-order valence-electron chi connectivity index (χ1n) is 5.96. The molecule has 1 aliphatic rings. The molecule has 1 aromatic heterocycles. The zero-order valence-electron chi connectivity index (χ0n) is 9.98. The van der Waals surface area contributed by atoms with E-state index in [1.807, 2.05) is 0 Å². The summed E-state index contributed by atoms with van der Waals surface area (Å²) in [6, 6.07) is 6.65. The lowest BCUT2D eigenvalue weighted by molar-refractivity contribution is 0.969. The Hall–Kier alpha value is -1.96. The van der Waals surface area contributed by atoms with Gasteiger partial charge in [-0.1, -0.05) is 12.2 Å². The van der Waals surface area contributed by atoms with E-state index in [4.69, 9.17) is 5.73 Å². The number of allylic oxidation sites excluding steroid dienone is 2. The summed E-state index contributed by atoms with van der Waals surface area (Å²) in [6.45, 7) is 0. The van der Waals surface area contributed by atoms with Crippen molar-refractivity contribution in [1.29, 1.82) is 0 Å². The molecule has 1 heterocycles. The zero-order chi connectivity index (χ0) is 11.8. The molecule has 2 nitrogen and oxygen atoms in total. The summed E-state index contributed by atoms with van der Waals surface area (Å²) < 4.78 is 2.15. The molecule has 0 aliphatic heterocycles. The second-order valence-corrected chi connectivity index (χ2v) is 4.56. The average molecular weight is 224 g/mol. The summed E-state index contributed by atoms with van der Waals surface area (Å²) in [5.74, 6) is 0. The number of aromatic nitrogens is 1. The van der Waals surface area contributed by atoms with E-state index < -0.39 is 0 Å². The van der Waals surface area contributed by atoms with Crippen LogP contribution in [0.4, 0.5) is 0 Å². The van der Waals surface area contributed by atoms with E-state index in [1.165, 1.54) is 27.6 Å². The zero-order valence-corrected chi connectivity index (χ0v) is 9.98. The highest BCUT2D eigenvalue weighted by Crippen LogP contribution is 2.31. The van der Waals surface area contributed by atoms with Crippen molar-refractivity contribution in [1.82, 2.24) is 4.57 Å². The van der Waals surface area contributed by atoms with Crippen LogP contribution < -0.4 is 5.73 Å². The maximum atomic E-state index is 5.74. The van der Waals surface area contributed by atoms with Gasteiger partial charge in [0, 0.05) is 24.1 Å². The molecule has 86 valence electrons. The summed E-state index contributed by atoms with van der Waals surface area (Å²) in [5, 5.41) is 1.28. The molecular formula is C15H16N2. The van der Waals surface area contributed by atoms with Crippen LogP contribution in [-0.4, -0.2) is 4.57 Å². The smallest absolute Gasteiger partial charge is 0.0484 e. The van der Waals surface area contributed by atoms with Crippen LogP contribution >= 0.6 is 0 Å². The summed E-state index contributed by atoms with van der Waals surface area (Å²) in [5.41, 5.74) is 10.8. The molecule has 2 aromatic rings. The van der Waals surface area contributed by atoms with Crippen molar-refractivity contribution in [2.75, 3.05) is 0 Å². The molecule has 0 saturated heterocycles. The lowest BCUT2D eigenvalue weighted by Crippen LogP contribution is -1.93. The third-order valence-electron chi connectivity index (χ3n) is 3.48. The van der Waals surface area contributed by atoms with Crippen molar-refractivity contribution in [3.05, 3.63) is 47.8 Å². The molecule has 2 heteroatoms. The molecular weight excluding hydrogens is 208 g/mol. The SMILES string of the molecule is Cn1ccc2cc3c(cc21)C=CCCC3=CN. The first-order valence-corrected chi connectivity index (χ1v) is 5.96. The molecule has 0 bridgehead atoms. The van der Waals surface area contributed by atoms with E-state index in [1.54, 1.807) is 6.20 Å². The van der Waals surface area contributed by atoms with Gasteiger partial charge in [0.1, 0.15) is 0 Å². The summed E-state index contributed by atoms with van der Waals surface area (Å²) >= 11 is 0. The first-order chi connectivity index (χ1) is 8.29. The van der Waals surface area contributed by atoms with Crippen LogP contribution in [0.1, 0.15) is 24.0 Å². The van der Waals surface area contributed by atoms with Gasteiger partial charge in [0.05, 0.1) is 0 Å². The van der Waals surface area contributed by atoms with Crippen LogP contribution in [0.25, 0.3) is 22.6 Å². The third kappa shape index (κ3) is 1.57. The number of rotatable bonds is 0. The average Bonchev–Trinajstić information content (AvgIpc) is 2.60. The lowest BCUT2D eigenvalue weighted by Gasteiger charge is -2.09. The quantitative estimate of drug-likeness (QED) is 0.731. The van der Waals surface area contributed by atoms with E-state index in [0.717, 1.165) is 12.8 Å². The molecule has 1 aliphatic carbocycles. The Morgan fingerprint density at radius 1 is 1.35 bits per heavy atom. The van der Waals surface area contributed by atoms with Gasteiger partial charge in [-0.05, 0) is 53.9 Å². The molecule has 0 amide bonds. The van der Waals surface area contributed by atoms with Crippen molar-refractivity contribution in [3.8, 4) is 0 Å². The van der Waals surface area contributed by atoms with Crippen LogP contribution in [0.5, 0.6) is 0 Å². The van der Waals surface area contributed by atoms with Crippen molar-refractivity contribution in [2.24, 2.45) is 12.8 Å². The Labute approximate surface area is 101 Å². The summed E-state index contributed by atoms with van der Waals surface area (Å²) in [7, 11) is 2.08. The van der Waals surface area contributed by atoms with Gasteiger partial charge in [0.2, 0.25) is 0 Å². The number of benzene rings is 1. The standard InChI is InChI=1S/C15H16N2/c1-17-7-6-12-8-14-11(9-15(12)17)4-2-3-5-13(14)10-16/h2,4,6-10H,3,5,16H2,1H3. The molecule has 2 N–H and O–H groups in total. The Bertz CT molecular complexity index is 630. The maximum Gasteiger partial charge on any atom is 0.0484 e. The minimum absolute atomic E-state index is 1.03. The summed E-state index contributed by atoms with van der Waals surface area (Å²) in [6.07, 6.45) is 10.4. The Kier molecular flexibility index (Phi) is 2.29. The number of aryl methyl sites for hydroxylation is 1. The molecule has 0 fully saturated rings. The minimum Gasteiger partial charge on any atom is -0.404 e. The Morgan fingerprint density at radius 3 is 3.06 bits per heavy atom. The topological polar surface area (TPSA) is 30.9 Å². The molecule has 0 unspecified atom stereocenters. The molecule has 0 spiro atoms. The molecule has 0 radical (unpaired) electrons. The monoisotopic (exact) mass is 224 g/mol. The van der Waals surface area contributed by atoms with Gasteiger partial charge in [-0.25, -0.2) is 0 Å². The summed E-state index contributed by atoms with van der Waals surface area (Å²) in [4.78, 5) is 0. The number of fused-ring (bicyclic) bond motifs is 2. The highest BCUT2D eigenvalue weighted by atomic mass is 14.9. The molecule has 17 heavy (non-hydrogen) atoms. The fourth-order valence-electron chi connectivity index (χ4n) is 2.51. The predicted octanol–water partition coefficient (Wildman–Crippen LogP) is 3.28. The third-order valence-corrected chi connectivity index (χ3v) is 3.48. The molecule has 0 atom stereocenters. The van der Waals surface area contributed by atoms with Crippen LogP contribution in [0.2, 0.25) is 0 Å². The molecule has 1 aromatic carbocycles. The van der Waals surface area contributed by atoms with E-state index in [9.17, 15) is 0 Å². The number of hydrogen-bond donors (Lipinski definition) is 1. The van der Waals surface area contributed by atoms with Gasteiger partial charge in [-0.2, -0.15) is 0 Å². The van der Waals surface area contributed by atoms with Gasteiger partial charge in [-0.3, -0.25) is 0 Å². The van der Waals surface area contributed by atoms with Crippen LogP contribution in [0, 0.1) is 0 Å². The van der Waals surface area contributed by atoms with E-state index in [2.05, 4.69) is 48.2 Å². The number of nitrogens with two attached hydrogens (primary N) is 1. The number of hydrogen-bond acceptors (Lipinski definition) is 1. The largest absolute Gasteiger partial charge is 0.404 e. The Morgan fingerprint density at radius 2 is 2.24 bits per heavy atom. The second-order valence-electron chi connectivity index (χ2n) is 4.56. The van der Waals surface area contributed by atoms with Gasteiger partial charge < -0.3 is 10.3 Å². The van der Waals surface area contributed by atoms with E-state index >= 15 is 0 Å². The number of nitrogens with zero attached hydrogens (tertiary/aromatic N) is 1. The lowest BCUT2D eigenvalue weighted by atomic mass is 9.98.